The number of carbonyl (C=O) groups is 2. The molecule has 0 unspecified atom stereocenters. The molecule has 0 aliphatic rings. The number of rotatable bonds is 3. The van der Waals surface area contributed by atoms with Gasteiger partial charge in [-0.05, 0) is 47.7 Å². The molecule has 0 saturated carbocycles. The Kier molecular flexibility index (Phi) is 4.55. The maximum absolute atomic E-state index is 11.7. The molecule has 1 atom stereocenters. The van der Waals surface area contributed by atoms with E-state index in [0.29, 0.717) is 14.2 Å². The highest BCUT2D eigenvalue weighted by Gasteiger charge is 2.16. The first-order valence-electron chi connectivity index (χ1n) is 4.40. The zero-order valence-corrected chi connectivity index (χ0v) is 11.2. The first kappa shape index (κ1) is 13.2. The largest absolute Gasteiger partial charge is 0.480 e. The van der Waals surface area contributed by atoms with Crippen LogP contribution in [0.1, 0.15) is 17.3 Å². The van der Waals surface area contributed by atoms with Crippen LogP contribution in [0.25, 0.3) is 0 Å². The van der Waals surface area contributed by atoms with Crippen LogP contribution in [0.4, 0.5) is 0 Å². The molecule has 0 spiro atoms. The number of carbonyl (C=O) groups excluding carboxylic acids is 1. The van der Waals surface area contributed by atoms with Crippen molar-refractivity contribution in [1.82, 2.24) is 5.32 Å². The van der Waals surface area contributed by atoms with Crippen molar-refractivity contribution in [3.63, 3.8) is 0 Å². The third-order valence-corrected chi connectivity index (χ3v) is 3.02. The molecule has 0 saturated heterocycles. The summed E-state index contributed by atoms with van der Waals surface area (Å²) >= 11 is 7.72. The van der Waals surface area contributed by atoms with Crippen molar-refractivity contribution in [2.45, 2.75) is 13.0 Å². The molecule has 0 aliphatic carbocycles. The molecule has 1 amide bonds. The van der Waals surface area contributed by atoms with Gasteiger partial charge in [-0.25, -0.2) is 0 Å². The van der Waals surface area contributed by atoms with Crippen molar-refractivity contribution in [2.75, 3.05) is 0 Å². The lowest BCUT2D eigenvalue weighted by Crippen LogP contribution is -2.38. The second-order valence-corrected chi connectivity index (χ2v) is 4.76. The van der Waals surface area contributed by atoms with Gasteiger partial charge in [0.05, 0.1) is 5.56 Å². The van der Waals surface area contributed by atoms with Crippen LogP contribution in [-0.2, 0) is 4.79 Å². The van der Waals surface area contributed by atoms with E-state index in [0.717, 1.165) is 0 Å². The normalized spacial score (nSPS) is 11.9. The Bertz CT molecular complexity index is 436. The van der Waals surface area contributed by atoms with E-state index in [2.05, 4.69) is 5.32 Å². The molecule has 0 fully saturated rings. The fourth-order valence-electron chi connectivity index (χ4n) is 1.01. The maximum Gasteiger partial charge on any atom is 0.325 e. The summed E-state index contributed by atoms with van der Waals surface area (Å²) in [5, 5.41) is 11.6. The molecule has 4 nitrogen and oxygen atoms in total. The summed E-state index contributed by atoms with van der Waals surface area (Å²) in [6.45, 7) is 1.41. The molecule has 0 aromatic heterocycles. The van der Waals surface area contributed by atoms with E-state index in [4.69, 9.17) is 16.7 Å². The second-order valence-electron chi connectivity index (χ2n) is 3.16. The van der Waals surface area contributed by atoms with Crippen LogP contribution in [0.5, 0.6) is 0 Å². The van der Waals surface area contributed by atoms with Crippen LogP contribution < -0.4 is 5.32 Å². The molecule has 0 bridgehead atoms. The summed E-state index contributed by atoms with van der Waals surface area (Å²) in [5.74, 6) is -1.49. The first-order chi connectivity index (χ1) is 7.41. The van der Waals surface area contributed by atoms with E-state index >= 15 is 0 Å². The van der Waals surface area contributed by atoms with Crippen molar-refractivity contribution >= 4 is 46.1 Å². The van der Waals surface area contributed by atoms with Crippen LogP contribution >= 0.6 is 34.2 Å². The number of hydrogen-bond donors (Lipinski definition) is 2. The predicted octanol–water partition coefficient (Wildman–Crippen LogP) is 2.15. The lowest BCUT2D eigenvalue weighted by molar-refractivity contribution is -0.138. The van der Waals surface area contributed by atoms with Crippen molar-refractivity contribution in [3.05, 3.63) is 32.4 Å². The molecule has 0 heterocycles. The average molecular weight is 354 g/mol. The maximum atomic E-state index is 11.7. The minimum atomic E-state index is -1.07. The lowest BCUT2D eigenvalue weighted by Gasteiger charge is -2.10. The van der Waals surface area contributed by atoms with Crippen molar-refractivity contribution < 1.29 is 14.7 Å². The second kappa shape index (κ2) is 5.49. The Balaban J connectivity index is 2.85. The van der Waals surface area contributed by atoms with Crippen LogP contribution in [0, 0.1) is 3.57 Å². The van der Waals surface area contributed by atoms with Crippen LogP contribution in [-0.4, -0.2) is 23.0 Å². The summed E-state index contributed by atoms with van der Waals surface area (Å²) in [7, 11) is 0. The van der Waals surface area contributed by atoms with Gasteiger partial charge in [-0.15, -0.1) is 0 Å². The Morgan fingerprint density at radius 3 is 2.62 bits per heavy atom. The Morgan fingerprint density at radius 1 is 1.50 bits per heavy atom. The number of carboxylic acid groups (broad SMARTS) is 1. The zero-order valence-electron chi connectivity index (χ0n) is 8.33. The molecular formula is C10H9ClINO3. The van der Waals surface area contributed by atoms with Gasteiger partial charge in [-0.2, -0.15) is 0 Å². The van der Waals surface area contributed by atoms with Gasteiger partial charge in [0.15, 0.2) is 0 Å². The Hall–Kier alpha value is -0.820. The molecule has 6 heteroatoms. The number of amides is 1. The van der Waals surface area contributed by atoms with Crippen molar-refractivity contribution in [1.29, 1.82) is 0 Å². The summed E-state index contributed by atoms with van der Waals surface area (Å²) in [5.41, 5.74) is 0.415. The van der Waals surface area contributed by atoms with E-state index in [-0.39, 0.29) is 0 Å². The van der Waals surface area contributed by atoms with Gasteiger partial charge in [-0.3, -0.25) is 9.59 Å². The number of nitrogens with one attached hydrogen (secondary N) is 1. The van der Waals surface area contributed by atoms with E-state index in [1.54, 1.807) is 18.2 Å². The zero-order chi connectivity index (χ0) is 12.3. The number of benzene rings is 1. The molecular weight excluding hydrogens is 344 g/mol. The number of aliphatic carboxylic acids is 1. The van der Waals surface area contributed by atoms with Crippen LogP contribution in [0.15, 0.2) is 18.2 Å². The van der Waals surface area contributed by atoms with Gasteiger partial charge in [-0.1, -0.05) is 11.6 Å². The Morgan fingerprint density at radius 2 is 2.12 bits per heavy atom. The minimum absolute atomic E-state index is 0.415. The number of hydrogen-bond acceptors (Lipinski definition) is 2. The van der Waals surface area contributed by atoms with Crippen LogP contribution in [0.3, 0.4) is 0 Å². The first-order valence-corrected chi connectivity index (χ1v) is 5.86. The van der Waals surface area contributed by atoms with Gasteiger partial charge >= 0.3 is 5.97 Å². The van der Waals surface area contributed by atoms with Gasteiger partial charge < -0.3 is 10.4 Å². The fourth-order valence-corrected chi connectivity index (χ4v) is 2.13. The Labute approximate surface area is 111 Å². The summed E-state index contributed by atoms with van der Waals surface area (Å²) in [4.78, 5) is 22.2. The SMILES string of the molecule is C[C@@H](NC(=O)c1ccc(Cl)cc1I)C(=O)O. The monoisotopic (exact) mass is 353 g/mol. The molecule has 2 N–H and O–H groups in total. The lowest BCUT2D eigenvalue weighted by atomic mass is 10.2. The molecule has 1 aromatic rings. The molecule has 86 valence electrons. The highest BCUT2D eigenvalue weighted by molar-refractivity contribution is 14.1. The molecule has 16 heavy (non-hydrogen) atoms. The standard InChI is InChI=1S/C10H9ClINO3/c1-5(10(15)16)13-9(14)7-3-2-6(11)4-8(7)12/h2-5H,1H3,(H,13,14)(H,15,16)/t5-/m1/s1. The third kappa shape index (κ3) is 3.34. The van der Waals surface area contributed by atoms with Gasteiger partial charge in [0.1, 0.15) is 6.04 Å². The molecule has 0 radical (unpaired) electrons. The number of carboxylic acids is 1. The van der Waals surface area contributed by atoms with Gasteiger partial charge in [0, 0.05) is 8.59 Å². The van der Waals surface area contributed by atoms with E-state index in [9.17, 15) is 9.59 Å². The van der Waals surface area contributed by atoms with Crippen molar-refractivity contribution in [2.24, 2.45) is 0 Å². The van der Waals surface area contributed by atoms with Gasteiger partial charge in [0.2, 0.25) is 0 Å². The summed E-state index contributed by atoms with van der Waals surface area (Å²) in [6, 6.07) is 3.87. The molecule has 1 aromatic carbocycles. The molecule has 0 aliphatic heterocycles. The van der Waals surface area contributed by atoms with Gasteiger partial charge in [0.25, 0.3) is 5.91 Å². The minimum Gasteiger partial charge on any atom is -0.480 e. The summed E-state index contributed by atoms with van der Waals surface area (Å²) < 4.78 is 0.681. The van der Waals surface area contributed by atoms with E-state index in [1.165, 1.54) is 6.92 Å². The van der Waals surface area contributed by atoms with Crippen LogP contribution in [0.2, 0.25) is 5.02 Å². The van der Waals surface area contributed by atoms with E-state index in [1.807, 2.05) is 22.6 Å². The third-order valence-electron chi connectivity index (χ3n) is 1.89. The smallest absolute Gasteiger partial charge is 0.325 e. The molecule has 1 rings (SSSR count). The highest BCUT2D eigenvalue weighted by Crippen LogP contribution is 2.17. The highest BCUT2D eigenvalue weighted by atomic mass is 127. The van der Waals surface area contributed by atoms with E-state index < -0.39 is 17.9 Å². The predicted molar refractivity (Wildman–Crippen MR) is 68.7 cm³/mol. The average Bonchev–Trinajstić information content (AvgIpc) is 2.16. The fraction of sp³-hybridized carbons (Fsp3) is 0.200. The van der Waals surface area contributed by atoms with Crippen molar-refractivity contribution in [3.8, 4) is 0 Å². The quantitative estimate of drug-likeness (QED) is 0.818. The summed E-state index contributed by atoms with van der Waals surface area (Å²) in [6.07, 6.45) is 0. The number of halogens is 2. The topological polar surface area (TPSA) is 66.4 Å².